The molecule has 1 aromatic heterocycles. The maximum absolute atomic E-state index is 13.5. The minimum Gasteiger partial charge on any atom is -0.304 e. The Morgan fingerprint density at radius 3 is 2.43 bits per heavy atom. The second kappa shape index (κ2) is 10.3. The molecule has 2 fully saturated rings. The Morgan fingerprint density at radius 1 is 1.06 bits per heavy atom. The summed E-state index contributed by atoms with van der Waals surface area (Å²) in [6.07, 6.45) is 5.46. The highest BCUT2D eigenvalue weighted by atomic mass is 32.2. The first-order valence-electron chi connectivity index (χ1n) is 12.4. The quantitative estimate of drug-likeness (QED) is 0.503. The number of anilines is 1. The third-order valence-corrected chi connectivity index (χ3v) is 10.1. The van der Waals surface area contributed by atoms with Gasteiger partial charge in [0.15, 0.2) is 5.13 Å². The summed E-state index contributed by atoms with van der Waals surface area (Å²) in [4.78, 5) is 20.4. The molecule has 1 amide bonds. The fraction of sp³-hybridized carbons (Fsp3) is 0.462. The van der Waals surface area contributed by atoms with Gasteiger partial charge in [-0.3, -0.25) is 4.79 Å². The van der Waals surface area contributed by atoms with Gasteiger partial charge >= 0.3 is 0 Å². The number of hydrogen-bond donors (Lipinski definition) is 1. The van der Waals surface area contributed by atoms with E-state index in [4.69, 9.17) is 0 Å². The Kier molecular flexibility index (Phi) is 7.20. The molecule has 9 heteroatoms. The van der Waals surface area contributed by atoms with Gasteiger partial charge < -0.3 is 10.2 Å². The number of thiazole rings is 1. The Bertz CT molecular complexity index is 1240. The molecular formula is C26H32N4O3S2. The molecule has 7 nitrogen and oxygen atoms in total. The molecule has 0 bridgehead atoms. The lowest BCUT2D eigenvalue weighted by Crippen LogP contribution is -2.47. The van der Waals surface area contributed by atoms with Gasteiger partial charge in [-0.25, -0.2) is 13.4 Å². The van der Waals surface area contributed by atoms with Crippen LogP contribution in [0.5, 0.6) is 0 Å². The van der Waals surface area contributed by atoms with Crippen LogP contribution in [0.15, 0.2) is 53.4 Å². The van der Waals surface area contributed by atoms with Crippen LogP contribution < -0.4 is 5.32 Å². The highest BCUT2D eigenvalue weighted by molar-refractivity contribution is 7.89. The predicted molar refractivity (Wildman–Crippen MR) is 140 cm³/mol. The van der Waals surface area contributed by atoms with E-state index in [1.54, 1.807) is 16.4 Å². The number of benzene rings is 2. The summed E-state index contributed by atoms with van der Waals surface area (Å²) >= 11 is 1.47. The van der Waals surface area contributed by atoms with Gasteiger partial charge in [0, 0.05) is 26.2 Å². The molecule has 3 aromatic rings. The van der Waals surface area contributed by atoms with Crippen molar-refractivity contribution in [3.05, 3.63) is 54.1 Å². The highest BCUT2D eigenvalue weighted by Gasteiger charge is 2.30. The molecule has 1 saturated carbocycles. The van der Waals surface area contributed by atoms with Gasteiger partial charge in [-0.1, -0.05) is 61.3 Å². The number of aromatic nitrogens is 1. The first kappa shape index (κ1) is 24.4. The van der Waals surface area contributed by atoms with E-state index < -0.39 is 10.0 Å². The van der Waals surface area contributed by atoms with Crippen LogP contribution in [0.3, 0.4) is 0 Å². The normalized spacial score (nSPS) is 19.2. The van der Waals surface area contributed by atoms with Gasteiger partial charge in [0.2, 0.25) is 15.9 Å². The highest BCUT2D eigenvalue weighted by Crippen LogP contribution is 2.36. The number of amides is 1. The van der Waals surface area contributed by atoms with Gasteiger partial charge in [0.25, 0.3) is 0 Å². The molecule has 1 saturated heterocycles. The van der Waals surface area contributed by atoms with Gasteiger partial charge in [-0.2, -0.15) is 4.31 Å². The van der Waals surface area contributed by atoms with Crippen molar-refractivity contribution in [3.8, 4) is 0 Å². The minimum atomic E-state index is -3.54. The van der Waals surface area contributed by atoms with Crippen molar-refractivity contribution >= 4 is 42.6 Å². The average molecular weight is 513 g/mol. The summed E-state index contributed by atoms with van der Waals surface area (Å²) in [6.45, 7) is 2.45. The van der Waals surface area contributed by atoms with E-state index in [9.17, 15) is 13.2 Å². The van der Waals surface area contributed by atoms with Crippen molar-refractivity contribution in [2.24, 2.45) is 5.92 Å². The smallest absolute Gasteiger partial charge is 0.243 e. The van der Waals surface area contributed by atoms with Crippen molar-refractivity contribution in [2.45, 2.75) is 42.9 Å². The fourth-order valence-electron chi connectivity index (χ4n) is 5.14. The van der Waals surface area contributed by atoms with E-state index in [0.29, 0.717) is 24.1 Å². The van der Waals surface area contributed by atoms with E-state index >= 15 is 0 Å². The molecule has 2 aromatic carbocycles. The summed E-state index contributed by atoms with van der Waals surface area (Å²) in [5, 5.41) is 3.64. The lowest BCUT2D eigenvalue weighted by atomic mass is 9.87. The number of sulfonamides is 1. The topological polar surface area (TPSA) is 82.6 Å². The molecule has 186 valence electrons. The zero-order valence-corrected chi connectivity index (χ0v) is 21.7. The van der Waals surface area contributed by atoms with E-state index in [0.717, 1.165) is 48.1 Å². The van der Waals surface area contributed by atoms with Crippen LogP contribution in [0, 0.1) is 5.92 Å². The zero-order chi connectivity index (χ0) is 24.4. The van der Waals surface area contributed by atoms with Gasteiger partial charge in [0.05, 0.1) is 21.0 Å². The number of hydrogen-bond acceptors (Lipinski definition) is 6. The van der Waals surface area contributed by atoms with Gasteiger partial charge in [-0.05, 0) is 49.2 Å². The van der Waals surface area contributed by atoms with E-state index in [-0.39, 0.29) is 16.7 Å². The van der Waals surface area contributed by atoms with Gasteiger partial charge in [-0.15, -0.1) is 0 Å². The second-order valence-corrected chi connectivity index (χ2v) is 12.7. The summed E-state index contributed by atoms with van der Waals surface area (Å²) in [5.41, 5.74) is 1.73. The zero-order valence-electron chi connectivity index (χ0n) is 20.0. The van der Waals surface area contributed by atoms with Crippen LogP contribution in [0.1, 0.15) is 43.6 Å². The maximum atomic E-state index is 13.5. The standard InChI is InChI=1S/C26H32N4O3S2/c1-29-14-16-30(17-15-29)35(32,33)21-12-10-20(11-13-21)22(18-19-6-2-3-7-19)25(31)28-26-27-23-8-4-5-9-24(23)34-26/h4-5,8-13,19,22H,2-3,6-7,14-18H2,1H3,(H,27,28,31)/t22-/m1/s1. The predicted octanol–water partition coefficient (Wildman–Crippen LogP) is 4.54. The lowest BCUT2D eigenvalue weighted by molar-refractivity contribution is -0.118. The number of carbonyl (C=O) groups is 1. The Balaban J connectivity index is 1.36. The van der Waals surface area contributed by atoms with E-state index in [1.807, 2.05) is 43.4 Å². The number of piperazine rings is 1. The summed E-state index contributed by atoms with van der Waals surface area (Å²) in [5.74, 6) is 0.0889. The Labute approximate surface area is 211 Å². The molecule has 2 heterocycles. The van der Waals surface area contributed by atoms with Crippen molar-refractivity contribution < 1.29 is 13.2 Å². The van der Waals surface area contributed by atoms with Crippen LogP contribution in [-0.2, 0) is 14.8 Å². The third-order valence-electron chi connectivity index (χ3n) is 7.27. The van der Waals surface area contributed by atoms with E-state index in [2.05, 4.69) is 15.2 Å². The van der Waals surface area contributed by atoms with Crippen molar-refractivity contribution in [3.63, 3.8) is 0 Å². The van der Waals surface area contributed by atoms with Crippen LogP contribution in [0.25, 0.3) is 10.2 Å². The average Bonchev–Trinajstić information content (AvgIpc) is 3.52. The molecule has 1 aliphatic heterocycles. The Hall–Kier alpha value is -2.33. The largest absolute Gasteiger partial charge is 0.304 e. The molecule has 0 spiro atoms. The number of nitrogens with zero attached hydrogens (tertiary/aromatic N) is 3. The molecular weight excluding hydrogens is 480 g/mol. The van der Waals surface area contributed by atoms with E-state index in [1.165, 1.54) is 24.2 Å². The molecule has 35 heavy (non-hydrogen) atoms. The van der Waals surface area contributed by atoms with Gasteiger partial charge in [0.1, 0.15) is 0 Å². The lowest BCUT2D eigenvalue weighted by Gasteiger charge is -2.31. The number of fused-ring (bicyclic) bond motifs is 1. The molecule has 0 unspecified atom stereocenters. The van der Waals surface area contributed by atoms with Crippen molar-refractivity contribution in [1.82, 2.24) is 14.2 Å². The number of carbonyl (C=O) groups excluding carboxylic acids is 1. The molecule has 5 rings (SSSR count). The number of para-hydroxylation sites is 1. The Morgan fingerprint density at radius 2 is 1.74 bits per heavy atom. The first-order chi connectivity index (χ1) is 16.9. The SMILES string of the molecule is CN1CCN(S(=O)(=O)c2ccc([C@@H](CC3CCCC3)C(=O)Nc3nc4ccccc4s3)cc2)CC1. The summed E-state index contributed by atoms with van der Waals surface area (Å²) in [6, 6.07) is 14.8. The molecule has 1 aliphatic carbocycles. The van der Waals surface area contributed by atoms with Crippen molar-refractivity contribution in [1.29, 1.82) is 0 Å². The van der Waals surface area contributed by atoms with Crippen molar-refractivity contribution in [2.75, 3.05) is 38.5 Å². The summed E-state index contributed by atoms with van der Waals surface area (Å²) in [7, 11) is -1.53. The first-order valence-corrected chi connectivity index (χ1v) is 14.6. The van der Waals surface area contributed by atoms with Crippen LogP contribution in [0.2, 0.25) is 0 Å². The second-order valence-electron chi connectivity index (χ2n) is 9.69. The van der Waals surface area contributed by atoms with Crippen LogP contribution in [-0.4, -0.2) is 61.7 Å². The molecule has 1 atom stereocenters. The fourth-order valence-corrected chi connectivity index (χ4v) is 7.43. The van der Waals surface area contributed by atoms with Crippen LogP contribution in [0.4, 0.5) is 5.13 Å². The minimum absolute atomic E-state index is 0.0781. The molecule has 1 N–H and O–H groups in total. The maximum Gasteiger partial charge on any atom is 0.243 e. The molecule has 2 aliphatic rings. The number of likely N-dealkylation sites (N-methyl/N-ethyl adjacent to an activating group) is 1. The third kappa shape index (κ3) is 5.43. The summed E-state index contributed by atoms with van der Waals surface area (Å²) < 4.78 is 28.9. The number of rotatable bonds is 7. The monoisotopic (exact) mass is 512 g/mol. The number of nitrogens with one attached hydrogen (secondary N) is 1. The van der Waals surface area contributed by atoms with Crippen LogP contribution >= 0.6 is 11.3 Å². The molecule has 0 radical (unpaired) electrons.